The summed E-state index contributed by atoms with van der Waals surface area (Å²) in [7, 11) is 0. The number of fused-ring (bicyclic) bond motifs is 1. The Morgan fingerprint density at radius 2 is 2.03 bits per heavy atom. The molecule has 1 aromatic carbocycles. The molecule has 0 saturated carbocycles. The van der Waals surface area contributed by atoms with Gasteiger partial charge < -0.3 is 20.3 Å². The molecule has 1 aliphatic heterocycles. The summed E-state index contributed by atoms with van der Waals surface area (Å²) in [4.78, 5) is 4.68. The zero-order chi connectivity index (χ0) is 20.3. The van der Waals surface area contributed by atoms with E-state index in [1.54, 1.807) is 0 Å². The van der Waals surface area contributed by atoms with Gasteiger partial charge in [-0.25, -0.2) is 0 Å². The van der Waals surface area contributed by atoms with Crippen molar-refractivity contribution in [1.82, 2.24) is 25.4 Å². The van der Waals surface area contributed by atoms with Crippen molar-refractivity contribution < 1.29 is 5.11 Å². The van der Waals surface area contributed by atoms with Crippen molar-refractivity contribution in [3.05, 3.63) is 47.5 Å². The van der Waals surface area contributed by atoms with Crippen molar-refractivity contribution in [3.8, 4) is 0 Å². The average molecular weight is 399 g/mol. The average Bonchev–Trinajstić information content (AvgIpc) is 2.98. The van der Waals surface area contributed by atoms with Gasteiger partial charge in [-0.1, -0.05) is 36.8 Å². The molecule has 0 amide bonds. The smallest absolute Gasteiger partial charge is 0.191 e. The molecule has 2 aromatic rings. The minimum absolute atomic E-state index is 0.0121. The normalized spacial score (nSPS) is 15.4. The fourth-order valence-corrected chi connectivity index (χ4v) is 3.72. The second-order valence-electron chi connectivity index (χ2n) is 7.53. The van der Waals surface area contributed by atoms with Crippen LogP contribution in [0.25, 0.3) is 0 Å². The highest BCUT2D eigenvalue weighted by Gasteiger charge is 2.14. The molecule has 1 unspecified atom stereocenters. The van der Waals surface area contributed by atoms with E-state index in [1.165, 1.54) is 19.3 Å². The summed E-state index contributed by atoms with van der Waals surface area (Å²) < 4.78 is 2.32. The maximum atomic E-state index is 9.73. The van der Waals surface area contributed by atoms with Crippen LogP contribution < -0.4 is 10.6 Å². The third kappa shape index (κ3) is 6.29. The van der Waals surface area contributed by atoms with E-state index in [0.717, 1.165) is 62.1 Å². The van der Waals surface area contributed by atoms with Gasteiger partial charge in [-0.15, -0.1) is 10.2 Å². The standard InChI is InChI=1S/C22H34N6O/c1-2-23-22(25-16-19(17-29)18-10-5-3-6-11-18)24-14-9-13-21-27-26-20-12-7-4-8-15-28(20)21/h3,5-6,10-11,19,29H,2,4,7-9,12-17H2,1H3,(H2,23,24,25). The third-order valence-corrected chi connectivity index (χ3v) is 5.36. The van der Waals surface area contributed by atoms with Gasteiger partial charge in [0.05, 0.1) is 13.2 Å². The second kappa shape index (κ2) is 11.6. The van der Waals surface area contributed by atoms with Crippen molar-refractivity contribution >= 4 is 5.96 Å². The summed E-state index contributed by atoms with van der Waals surface area (Å²) in [6, 6.07) is 10.1. The number of aliphatic hydroxyl groups is 1. The summed E-state index contributed by atoms with van der Waals surface area (Å²) in [6.45, 7) is 5.38. The number of benzene rings is 1. The van der Waals surface area contributed by atoms with Crippen LogP contribution in [0.1, 0.15) is 55.7 Å². The van der Waals surface area contributed by atoms with Gasteiger partial charge in [-0.2, -0.15) is 0 Å². The van der Waals surface area contributed by atoms with Gasteiger partial charge in [0.2, 0.25) is 0 Å². The Morgan fingerprint density at radius 1 is 1.17 bits per heavy atom. The molecule has 0 fully saturated rings. The SMILES string of the molecule is CCNC(=NCC(CO)c1ccccc1)NCCCc1nnc2n1CCCCC2. The first-order valence-corrected chi connectivity index (χ1v) is 10.9. The van der Waals surface area contributed by atoms with Crippen LogP contribution in [-0.2, 0) is 19.4 Å². The maximum absolute atomic E-state index is 9.73. The molecule has 1 aromatic heterocycles. The molecule has 3 rings (SSSR count). The summed E-state index contributed by atoms with van der Waals surface area (Å²) in [5.41, 5.74) is 1.11. The largest absolute Gasteiger partial charge is 0.396 e. The molecular formula is C22H34N6O. The van der Waals surface area contributed by atoms with Crippen LogP contribution in [0.3, 0.4) is 0 Å². The molecule has 0 bridgehead atoms. The number of hydrogen-bond acceptors (Lipinski definition) is 4. The highest BCUT2D eigenvalue weighted by Crippen LogP contribution is 2.16. The van der Waals surface area contributed by atoms with Gasteiger partial charge in [0.25, 0.3) is 0 Å². The number of rotatable bonds is 9. The molecule has 3 N–H and O–H groups in total. The Balaban J connectivity index is 1.49. The Bertz CT molecular complexity index is 758. The lowest BCUT2D eigenvalue weighted by molar-refractivity contribution is 0.268. The van der Waals surface area contributed by atoms with E-state index in [-0.39, 0.29) is 12.5 Å². The Labute approximate surface area is 173 Å². The number of aliphatic hydroxyl groups excluding tert-OH is 1. The van der Waals surface area contributed by atoms with Crippen molar-refractivity contribution in [2.45, 2.75) is 57.9 Å². The molecule has 0 aliphatic carbocycles. The monoisotopic (exact) mass is 398 g/mol. The molecular weight excluding hydrogens is 364 g/mol. The molecule has 0 saturated heterocycles. The van der Waals surface area contributed by atoms with E-state index < -0.39 is 0 Å². The van der Waals surface area contributed by atoms with Crippen molar-refractivity contribution in [3.63, 3.8) is 0 Å². The third-order valence-electron chi connectivity index (χ3n) is 5.36. The van der Waals surface area contributed by atoms with E-state index >= 15 is 0 Å². The van der Waals surface area contributed by atoms with Crippen LogP contribution in [0.5, 0.6) is 0 Å². The predicted octanol–water partition coefficient (Wildman–Crippen LogP) is 2.27. The van der Waals surface area contributed by atoms with E-state index in [0.29, 0.717) is 6.54 Å². The quantitative estimate of drug-likeness (QED) is 0.343. The Kier molecular flexibility index (Phi) is 8.49. The highest BCUT2D eigenvalue weighted by atomic mass is 16.3. The van der Waals surface area contributed by atoms with Crippen LogP contribution in [0, 0.1) is 0 Å². The van der Waals surface area contributed by atoms with Crippen LogP contribution in [0.15, 0.2) is 35.3 Å². The van der Waals surface area contributed by atoms with Crippen LogP contribution in [0.2, 0.25) is 0 Å². The molecule has 7 nitrogen and oxygen atoms in total. The van der Waals surface area contributed by atoms with Gasteiger partial charge in [0, 0.05) is 38.4 Å². The second-order valence-corrected chi connectivity index (χ2v) is 7.53. The van der Waals surface area contributed by atoms with E-state index in [9.17, 15) is 5.11 Å². The van der Waals surface area contributed by atoms with Crippen LogP contribution in [-0.4, -0.2) is 52.1 Å². The van der Waals surface area contributed by atoms with Gasteiger partial charge in [-0.3, -0.25) is 4.99 Å². The minimum Gasteiger partial charge on any atom is -0.396 e. The number of guanidine groups is 1. The lowest BCUT2D eigenvalue weighted by Gasteiger charge is -2.15. The summed E-state index contributed by atoms with van der Waals surface area (Å²) in [6.07, 6.45) is 6.68. The first-order valence-electron chi connectivity index (χ1n) is 10.9. The van der Waals surface area contributed by atoms with Crippen LogP contribution >= 0.6 is 0 Å². The molecule has 0 spiro atoms. The zero-order valence-electron chi connectivity index (χ0n) is 17.5. The summed E-state index contributed by atoms with van der Waals surface area (Å²) in [5, 5.41) is 25.2. The first-order chi connectivity index (χ1) is 14.3. The molecule has 2 heterocycles. The molecule has 1 atom stereocenters. The topological polar surface area (TPSA) is 87.4 Å². The summed E-state index contributed by atoms with van der Waals surface area (Å²) in [5.74, 6) is 3.06. The number of aromatic nitrogens is 3. The first kappa shape index (κ1) is 21.3. The maximum Gasteiger partial charge on any atom is 0.191 e. The van der Waals surface area contributed by atoms with Crippen molar-refractivity contribution in [1.29, 1.82) is 0 Å². The Hall–Kier alpha value is -2.41. The van der Waals surface area contributed by atoms with Gasteiger partial charge in [0.15, 0.2) is 5.96 Å². The number of aryl methyl sites for hydroxylation is 2. The highest BCUT2D eigenvalue weighted by molar-refractivity contribution is 5.79. The molecule has 1 aliphatic rings. The Morgan fingerprint density at radius 3 is 2.83 bits per heavy atom. The van der Waals surface area contributed by atoms with Crippen molar-refractivity contribution in [2.24, 2.45) is 4.99 Å². The van der Waals surface area contributed by atoms with Crippen LogP contribution in [0.4, 0.5) is 0 Å². The van der Waals surface area contributed by atoms with E-state index in [2.05, 4.69) is 37.3 Å². The van der Waals surface area contributed by atoms with Gasteiger partial charge in [0.1, 0.15) is 11.6 Å². The molecule has 0 radical (unpaired) electrons. The van der Waals surface area contributed by atoms with E-state index in [4.69, 9.17) is 0 Å². The number of nitrogens with zero attached hydrogens (tertiary/aromatic N) is 4. The lowest BCUT2D eigenvalue weighted by atomic mass is 10.0. The van der Waals surface area contributed by atoms with Crippen molar-refractivity contribution in [2.75, 3.05) is 26.2 Å². The zero-order valence-corrected chi connectivity index (χ0v) is 17.5. The lowest BCUT2D eigenvalue weighted by Crippen LogP contribution is -2.38. The van der Waals surface area contributed by atoms with Gasteiger partial charge in [-0.05, 0) is 31.7 Å². The minimum atomic E-state index is 0.0121. The molecule has 7 heteroatoms. The predicted molar refractivity (Wildman–Crippen MR) is 116 cm³/mol. The number of hydrogen-bond donors (Lipinski definition) is 3. The molecule has 29 heavy (non-hydrogen) atoms. The fraction of sp³-hybridized carbons (Fsp3) is 0.591. The number of nitrogens with one attached hydrogen (secondary N) is 2. The number of aliphatic imine (C=N–C) groups is 1. The molecule has 158 valence electrons. The fourth-order valence-electron chi connectivity index (χ4n) is 3.72. The summed E-state index contributed by atoms with van der Waals surface area (Å²) >= 11 is 0. The van der Waals surface area contributed by atoms with E-state index in [1.807, 2.05) is 30.3 Å². The van der Waals surface area contributed by atoms with Gasteiger partial charge >= 0.3 is 0 Å².